The number of phenols is 1. The third-order valence-electron chi connectivity index (χ3n) is 9.58. The van der Waals surface area contributed by atoms with Crippen molar-refractivity contribution >= 4 is 202 Å². The molecule has 90 heavy (non-hydrogen) atoms. The van der Waals surface area contributed by atoms with Crippen LogP contribution in [0.3, 0.4) is 0 Å². The zero-order valence-corrected chi connectivity index (χ0v) is 68.9. The number of thiol groups is 13. The van der Waals surface area contributed by atoms with Crippen molar-refractivity contribution in [1.82, 2.24) is 0 Å². The van der Waals surface area contributed by atoms with Gasteiger partial charge < -0.3 is 14.3 Å². The van der Waals surface area contributed by atoms with Gasteiger partial charge in [-0.3, -0.25) is 0 Å². The second kappa shape index (κ2) is 69.4. The molecule has 506 valence electrons. The predicted octanol–water partition coefficient (Wildman–Crippen LogP) is 25.2. The number of halogens is 2. The molecule has 0 amide bonds. The summed E-state index contributed by atoms with van der Waals surface area (Å²) >= 11 is 61.8. The lowest BCUT2D eigenvalue weighted by atomic mass is 10.1. The Morgan fingerprint density at radius 1 is 0.544 bits per heavy atom. The normalized spacial score (nSPS) is 9.79. The molecule has 0 aliphatic heterocycles. The molecule has 0 saturated carbocycles. The molecule has 8 aromatic rings. The van der Waals surface area contributed by atoms with Crippen LogP contribution in [0.5, 0.6) is 11.5 Å². The lowest BCUT2D eigenvalue weighted by Gasteiger charge is -2.04. The van der Waals surface area contributed by atoms with E-state index in [-0.39, 0.29) is 4.75 Å². The summed E-state index contributed by atoms with van der Waals surface area (Å²) in [5, 5.41) is 13.3. The largest absolute Gasteiger partial charge is 0.508 e. The average Bonchev–Trinajstić information content (AvgIpc) is 1.61. The van der Waals surface area contributed by atoms with Gasteiger partial charge in [0.15, 0.2) is 0 Å². The SMILES string of the molecule is CC(C)(C)S.CC(C)CS.CC(C)S.CCC(C)S.CCCS.CCS.COc1ccc(CS)cc1.Oc1ccc(CS)cc1.SCCc1ccccc1.SCc1ccc(Br)cc1.SCc1ccccc1Cl.SCc1ccco1.Sc1ccc2ccccc2c1. The van der Waals surface area contributed by atoms with Crippen LogP contribution in [0.2, 0.25) is 5.02 Å². The number of phenolic OH excluding ortho intramolecular Hbond substituents is 1. The second-order valence-electron chi connectivity index (χ2n) is 20.2. The van der Waals surface area contributed by atoms with Gasteiger partial charge in [0.25, 0.3) is 0 Å². The minimum Gasteiger partial charge on any atom is -0.508 e. The topological polar surface area (TPSA) is 42.6 Å². The number of hydrogen-bond donors (Lipinski definition) is 14. The first-order chi connectivity index (χ1) is 42.7. The van der Waals surface area contributed by atoms with Crippen LogP contribution < -0.4 is 4.74 Å². The number of benzene rings is 7. The van der Waals surface area contributed by atoms with Gasteiger partial charge in [-0.2, -0.15) is 152 Å². The van der Waals surface area contributed by atoms with Crippen molar-refractivity contribution in [2.24, 2.45) is 5.92 Å². The summed E-state index contributed by atoms with van der Waals surface area (Å²) < 4.78 is 11.2. The maximum atomic E-state index is 8.83. The van der Waals surface area contributed by atoms with Crippen molar-refractivity contribution in [1.29, 1.82) is 0 Å². The van der Waals surface area contributed by atoms with Gasteiger partial charge in [-0.05, 0) is 164 Å². The smallest absolute Gasteiger partial charge is 0.118 e. The molecule has 8 rings (SSSR count). The number of fused-ring (bicyclic) bond motifs is 1. The molecule has 0 radical (unpaired) electrons. The van der Waals surface area contributed by atoms with Gasteiger partial charge in [-0.25, -0.2) is 0 Å². The highest BCUT2D eigenvalue weighted by molar-refractivity contribution is 9.10. The molecule has 1 aromatic heterocycles. The van der Waals surface area contributed by atoms with Crippen molar-refractivity contribution in [3.8, 4) is 11.5 Å². The van der Waals surface area contributed by atoms with E-state index in [2.05, 4.69) is 296 Å². The van der Waals surface area contributed by atoms with Crippen LogP contribution in [0.1, 0.15) is 123 Å². The Bertz CT molecular complexity index is 2630. The molecule has 0 fully saturated rings. The zero-order valence-electron chi connectivity index (χ0n) is 54.9. The maximum Gasteiger partial charge on any atom is 0.118 e. The van der Waals surface area contributed by atoms with E-state index in [1.54, 1.807) is 25.5 Å². The summed E-state index contributed by atoms with van der Waals surface area (Å²) in [5.41, 5.74) is 6.04. The lowest BCUT2D eigenvalue weighted by Crippen LogP contribution is -1.99. The standard InChI is InChI=1S/C10H8S.C8H10OS.C8H10S.C7H7BrS.C7H7ClS.C7H8OS.C5H6OS.3C4H10S.2C3H8S.C2H6S/c11-10-6-5-8-3-1-2-4-9(8)7-10;1-9-8-4-2-7(6-10)3-5-8;9-7-6-8-4-2-1-3-5-8;8-7-3-1-6(5-9)2-4-7;8-7-4-2-1-3-6(7)5-9;8-7-3-1-6(5-9)2-4-7;7-4-5-2-1-3-6-5;1-4(2,3)5;1-4(2)3-5;1-3-4(2)5;1-3(2)4;1-2-3-4;1-2-3/h1-7,11H;2-5,10H,6H2,1H3;1-5,9H,6-7H2;2*1-4,9H,5H2;1-4,8-9H,5H2;1-3,7H,4H2;5H,1-3H3;2*4-5H,3H2,1-2H3;3-4H,1-2H3;4H,2-3H2,1H3;3H,2H2,1H3. The van der Waals surface area contributed by atoms with Crippen LogP contribution in [-0.2, 0) is 35.2 Å². The molecule has 7 aromatic carbocycles. The fourth-order valence-corrected chi connectivity index (χ4v) is 7.02. The Morgan fingerprint density at radius 3 is 1.29 bits per heavy atom. The summed E-state index contributed by atoms with van der Waals surface area (Å²) in [6, 6.07) is 59.3. The van der Waals surface area contributed by atoms with Crippen LogP contribution in [0, 0.1) is 5.92 Å². The molecular weight excluding hydrogens is 1450 g/mol. The van der Waals surface area contributed by atoms with E-state index in [0.717, 1.165) is 89.6 Å². The maximum absolute atomic E-state index is 8.83. The van der Waals surface area contributed by atoms with E-state index >= 15 is 0 Å². The molecule has 0 spiro atoms. The third kappa shape index (κ3) is 71.3. The average molecular weight is 1550 g/mol. The summed E-state index contributed by atoms with van der Waals surface area (Å²) in [6.07, 6.45) is 5.07. The summed E-state index contributed by atoms with van der Waals surface area (Å²) in [6.45, 7) is 22.8. The molecule has 0 bridgehead atoms. The number of methoxy groups -OCH3 is 1. The minimum atomic E-state index is 0.194. The van der Waals surface area contributed by atoms with Crippen LogP contribution in [0.15, 0.2) is 202 Å². The third-order valence-corrected chi connectivity index (χ3v) is 14.3. The first-order valence-electron chi connectivity index (χ1n) is 29.4. The van der Waals surface area contributed by atoms with Gasteiger partial charge in [-0.15, -0.1) is 12.6 Å². The van der Waals surface area contributed by atoms with Gasteiger partial charge in [0, 0.05) is 47.9 Å². The molecular formula is C72H108BrClO3S13. The Morgan fingerprint density at radius 2 is 0.956 bits per heavy atom. The number of ether oxygens (including phenoxy) is 1. The summed E-state index contributed by atoms with van der Waals surface area (Å²) in [7, 11) is 1.66. The van der Waals surface area contributed by atoms with Crippen LogP contribution in [-0.4, -0.2) is 50.5 Å². The Kier molecular flexibility index (Phi) is 75.3. The predicted molar refractivity (Wildman–Crippen MR) is 458 cm³/mol. The Hall–Kier alpha value is -1.000. The van der Waals surface area contributed by atoms with Crippen LogP contribution in [0.25, 0.3) is 10.8 Å². The van der Waals surface area contributed by atoms with Gasteiger partial charge in [0.05, 0.1) is 13.4 Å². The van der Waals surface area contributed by atoms with Crippen molar-refractivity contribution in [2.75, 3.05) is 30.1 Å². The fourth-order valence-electron chi connectivity index (χ4n) is 4.90. The van der Waals surface area contributed by atoms with Crippen molar-refractivity contribution in [2.45, 2.75) is 144 Å². The first-order valence-corrected chi connectivity index (χ1v) is 38.2. The quantitative estimate of drug-likeness (QED) is 0.0598. The number of rotatable bonds is 11. The highest BCUT2D eigenvalue weighted by atomic mass is 79.9. The highest BCUT2D eigenvalue weighted by Crippen LogP contribution is 2.19. The van der Waals surface area contributed by atoms with E-state index in [4.69, 9.17) is 25.9 Å². The molecule has 0 aliphatic carbocycles. The zero-order chi connectivity index (χ0) is 69.6. The van der Waals surface area contributed by atoms with E-state index in [1.807, 2.05) is 130 Å². The number of furan rings is 1. The Labute approximate surface area is 633 Å². The van der Waals surface area contributed by atoms with Gasteiger partial charge in [-0.1, -0.05) is 219 Å². The van der Waals surface area contributed by atoms with Crippen molar-refractivity contribution in [3.05, 3.63) is 231 Å². The molecule has 18 heteroatoms. The van der Waals surface area contributed by atoms with Crippen molar-refractivity contribution < 1.29 is 14.3 Å². The highest BCUT2D eigenvalue weighted by Gasteiger charge is 1.97. The number of aryl methyl sites for hydroxylation is 1. The van der Waals surface area contributed by atoms with Crippen molar-refractivity contribution in [3.63, 3.8) is 0 Å². The van der Waals surface area contributed by atoms with Crippen LogP contribution in [0.4, 0.5) is 0 Å². The number of aromatic hydroxyl groups is 1. The number of hydrogen-bond acceptors (Lipinski definition) is 16. The Balaban J connectivity index is -0.000000295. The van der Waals surface area contributed by atoms with E-state index in [9.17, 15) is 0 Å². The molecule has 1 atom stereocenters. The van der Waals surface area contributed by atoms with E-state index in [0.29, 0.717) is 27.8 Å². The summed E-state index contributed by atoms with van der Waals surface area (Å²) in [4.78, 5) is 1.02. The molecule has 3 nitrogen and oxygen atoms in total. The monoisotopic (exact) mass is 1550 g/mol. The lowest BCUT2D eigenvalue weighted by molar-refractivity contribution is 0.414. The second-order valence-corrected chi connectivity index (χ2v) is 28.8. The van der Waals surface area contributed by atoms with E-state index < -0.39 is 0 Å². The molecule has 0 saturated heterocycles. The molecule has 1 heterocycles. The fraction of sp³-hybridized carbons (Fsp3) is 0.389. The summed E-state index contributed by atoms with van der Waals surface area (Å²) in [5.74, 6) is 10.5. The molecule has 0 aliphatic rings. The van der Waals surface area contributed by atoms with Gasteiger partial charge in [0.1, 0.15) is 17.3 Å². The molecule has 1 N–H and O–H groups in total. The first kappa shape index (κ1) is 97.7. The minimum absolute atomic E-state index is 0.194. The molecule has 1 unspecified atom stereocenters. The van der Waals surface area contributed by atoms with Crippen LogP contribution >= 0.6 is 192 Å². The van der Waals surface area contributed by atoms with Gasteiger partial charge >= 0.3 is 0 Å². The van der Waals surface area contributed by atoms with Gasteiger partial charge in [0.2, 0.25) is 0 Å². The van der Waals surface area contributed by atoms with E-state index in [1.165, 1.54) is 40.3 Å².